The molecule has 0 aromatic heterocycles. The van der Waals surface area contributed by atoms with E-state index in [2.05, 4.69) is 20.7 Å². The minimum atomic E-state index is -0.596. The van der Waals surface area contributed by atoms with Gasteiger partial charge >= 0.3 is 11.9 Å². The fourth-order valence-electron chi connectivity index (χ4n) is 2.30. The van der Waals surface area contributed by atoms with Crippen LogP contribution < -0.4 is 4.90 Å². The van der Waals surface area contributed by atoms with Crippen LogP contribution in [-0.4, -0.2) is 38.6 Å². The van der Waals surface area contributed by atoms with Gasteiger partial charge in [0, 0.05) is 17.4 Å². The Balaban J connectivity index is 2.43. The summed E-state index contributed by atoms with van der Waals surface area (Å²) in [6.07, 6.45) is 0.0287. The van der Waals surface area contributed by atoms with Gasteiger partial charge < -0.3 is 14.4 Å². The molecule has 1 amide bonds. The molecule has 2 rings (SSSR count). The van der Waals surface area contributed by atoms with Crippen molar-refractivity contribution in [3.05, 3.63) is 27.2 Å². The van der Waals surface area contributed by atoms with Gasteiger partial charge in [-0.15, -0.1) is 0 Å². The largest absolute Gasteiger partial charge is 0.469 e. The molecule has 1 aromatic carbocycles. The molecule has 1 aliphatic heterocycles. The van der Waals surface area contributed by atoms with Gasteiger partial charge in [0.2, 0.25) is 5.91 Å². The molecule has 1 heterocycles. The van der Waals surface area contributed by atoms with Crippen LogP contribution in [0, 0.1) is 5.92 Å². The summed E-state index contributed by atoms with van der Waals surface area (Å²) in [5, 5.41) is 0.344. The Morgan fingerprint density at radius 1 is 1.32 bits per heavy atom. The van der Waals surface area contributed by atoms with E-state index in [9.17, 15) is 14.4 Å². The number of hydrogen-bond acceptors (Lipinski definition) is 5. The molecule has 6 nitrogen and oxygen atoms in total. The first-order valence-electron chi connectivity index (χ1n) is 6.34. The van der Waals surface area contributed by atoms with Crippen LogP contribution in [0.5, 0.6) is 0 Å². The lowest BCUT2D eigenvalue weighted by molar-refractivity contribution is -0.145. The van der Waals surface area contributed by atoms with Crippen LogP contribution in [0.25, 0.3) is 0 Å². The van der Waals surface area contributed by atoms with E-state index in [0.717, 1.165) is 0 Å². The molecule has 0 spiro atoms. The quantitative estimate of drug-likeness (QED) is 0.741. The number of ether oxygens (including phenoxy) is 2. The molecule has 0 saturated carbocycles. The summed E-state index contributed by atoms with van der Waals surface area (Å²) in [6, 6.07) is 2.98. The second-order valence-corrected chi connectivity index (χ2v) is 5.97. The van der Waals surface area contributed by atoms with Gasteiger partial charge in [-0.25, -0.2) is 4.79 Å². The minimum absolute atomic E-state index is 0.0287. The van der Waals surface area contributed by atoms with E-state index in [1.54, 1.807) is 0 Å². The third-order valence-corrected chi connectivity index (χ3v) is 4.59. The Morgan fingerprint density at radius 3 is 2.59 bits per heavy atom. The molecular weight excluding hydrogens is 378 g/mol. The van der Waals surface area contributed by atoms with Gasteiger partial charge in [0.1, 0.15) is 0 Å². The summed E-state index contributed by atoms with van der Waals surface area (Å²) in [4.78, 5) is 37.1. The van der Waals surface area contributed by atoms with Crippen molar-refractivity contribution in [2.75, 3.05) is 25.7 Å². The molecule has 0 radical (unpaired) electrons. The number of esters is 2. The summed E-state index contributed by atoms with van der Waals surface area (Å²) in [5.74, 6) is -1.90. The molecule has 8 heteroatoms. The zero-order valence-electron chi connectivity index (χ0n) is 11.9. The van der Waals surface area contributed by atoms with Gasteiger partial charge in [-0.2, -0.15) is 0 Å². The smallest absolute Gasteiger partial charge is 0.340 e. The highest BCUT2D eigenvalue weighted by atomic mass is 79.9. The molecule has 1 saturated heterocycles. The molecular formula is C14H13BrClNO5. The first kappa shape index (κ1) is 16.8. The second kappa shape index (κ2) is 6.66. The van der Waals surface area contributed by atoms with Gasteiger partial charge in [0.25, 0.3) is 0 Å². The van der Waals surface area contributed by atoms with Crippen LogP contribution in [0.2, 0.25) is 5.02 Å². The molecule has 1 fully saturated rings. The van der Waals surface area contributed by atoms with Crippen molar-refractivity contribution in [1.29, 1.82) is 0 Å². The number of amides is 1. The number of benzene rings is 1. The molecule has 0 bridgehead atoms. The SMILES string of the molecule is COC(=O)c1cc(Br)c(Cl)cc1N1CC(C(=O)OC)CC1=O. The first-order chi connectivity index (χ1) is 10.4. The molecule has 1 unspecified atom stereocenters. The average molecular weight is 391 g/mol. The normalized spacial score (nSPS) is 17.5. The Kier molecular flexibility index (Phi) is 5.08. The molecule has 1 aliphatic rings. The van der Waals surface area contributed by atoms with Crippen LogP contribution in [0.1, 0.15) is 16.8 Å². The maximum absolute atomic E-state index is 12.2. The van der Waals surface area contributed by atoms with Crippen LogP contribution in [0.4, 0.5) is 5.69 Å². The highest BCUT2D eigenvalue weighted by Gasteiger charge is 2.37. The monoisotopic (exact) mass is 389 g/mol. The highest BCUT2D eigenvalue weighted by Crippen LogP contribution is 2.35. The molecule has 118 valence electrons. The maximum Gasteiger partial charge on any atom is 0.340 e. The van der Waals surface area contributed by atoms with Gasteiger partial charge in [-0.1, -0.05) is 11.6 Å². The fraction of sp³-hybridized carbons (Fsp3) is 0.357. The average Bonchev–Trinajstić information content (AvgIpc) is 2.89. The van der Waals surface area contributed by atoms with Crippen LogP contribution in [0.15, 0.2) is 16.6 Å². The van der Waals surface area contributed by atoms with Crippen molar-refractivity contribution >= 4 is 51.1 Å². The number of anilines is 1. The number of carbonyl (C=O) groups is 3. The Labute approximate surface area is 140 Å². The van der Waals surface area contributed by atoms with Crippen molar-refractivity contribution in [3.8, 4) is 0 Å². The number of carbonyl (C=O) groups excluding carboxylic acids is 3. The first-order valence-corrected chi connectivity index (χ1v) is 7.51. The van der Waals surface area contributed by atoms with Crippen molar-refractivity contribution in [3.63, 3.8) is 0 Å². The number of methoxy groups -OCH3 is 2. The van der Waals surface area contributed by atoms with Crippen molar-refractivity contribution in [2.45, 2.75) is 6.42 Å². The summed E-state index contributed by atoms with van der Waals surface area (Å²) < 4.78 is 9.90. The van der Waals surface area contributed by atoms with Crippen molar-refractivity contribution < 1.29 is 23.9 Å². The van der Waals surface area contributed by atoms with Crippen LogP contribution in [-0.2, 0) is 19.1 Å². The third kappa shape index (κ3) is 3.10. The minimum Gasteiger partial charge on any atom is -0.469 e. The van der Waals surface area contributed by atoms with Gasteiger partial charge in [0.15, 0.2) is 0 Å². The van der Waals surface area contributed by atoms with E-state index in [0.29, 0.717) is 15.2 Å². The standard InChI is InChI=1S/C14H13BrClNO5/c1-21-13(19)7-3-12(18)17(6-7)11-5-10(16)9(15)4-8(11)14(20)22-2/h4-5,7H,3,6H2,1-2H3. The predicted molar refractivity (Wildman–Crippen MR) is 83.0 cm³/mol. The Morgan fingerprint density at radius 2 is 2.00 bits per heavy atom. The van der Waals surface area contributed by atoms with E-state index in [1.165, 1.54) is 31.3 Å². The Hall–Kier alpha value is -1.60. The second-order valence-electron chi connectivity index (χ2n) is 4.70. The van der Waals surface area contributed by atoms with Gasteiger partial charge in [0.05, 0.1) is 36.4 Å². The lowest BCUT2D eigenvalue weighted by Crippen LogP contribution is -2.28. The van der Waals surface area contributed by atoms with E-state index in [4.69, 9.17) is 16.3 Å². The maximum atomic E-state index is 12.2. The highest BCUT2D eigenvalue weighted by molar-refractivity contribution is 9.10. The summed E-state index contributed by atoms with van der Waals surface area (Å²) >= 11 is 9.29. The lowest BCUT2D eigenvalue weighted by Gasteiger charge is -2.20. The van der Waals surface area contributed by atoms with Crippen LogP contribution in [0.3, 0.4) is 0 Å². The van der Waals surface area contributed by atoms with E-state index in [1.807, 2.05) is 0 Å². The number of rotatable bonds is 3. The summed E-state index contributed by atoms with van der Waals surface area (Å²) in [6.45, 7) is 0.132. The predicted octanol–water partition coefficient (Wildman–Crippen LogP) is 2.42. The van der Waals surface area contributed by atoms with Crippen molar-refractivity contribution in [2.24, 2.45) is 5.92 Å². The molecule has 0 N–H and O–H groups in total. The molecule has 1 atom stereocenters. The fourth-order valence-corrected chi connectivity index (χ4v) is 2.80. The van der Waals surface area contributed by atoms with Gasteiger partial charge in [-0.3, -0.25) is 9.59 Å². The molecule has 22 heavy (non-hydrogen) atoms. The number of nitrogens with zero attached hydrogens (tertiary/aromatic N) is 1. The number of halogens is 2. The van der Waals surface area contributed by atoms with Gasteiger partial charge in [-0.05, 0) is 28.1 Å². The zero-order valence-corrected chi connectivity index (χ0v) is 14.2. The number of hydrogen-bond donors (Lipinski definition) is 0. The summed E-state index contributed by atoms with van der Waals surface area (Å²) in [5.41, 5.74) is 0.508. The Bertz CT molecular complexity index is 648. The lowest BCUT2D eigenvalue weighted by atomic mass is 10.1. The third-order valence-electron chi connectivity index (χ3n) is 3.39. The zero-order chi connectivity index (χ0) is 16.4. The van der Waals surface area contributed by atoms with Crippen LogP contribution >= 0.6 is 27.5 Å². The topological polar surface area (TPSA) is 72.9 Å². The van der Waals surface area contributed by atoms with E-state index >= 15 is 0 Å². The van der Waals surface area contributed by atoms with Crippen molar-refractivity contribution in [1.82, 2.24) is 0 Å². The molecule has 1 aromatic rings. The van der Waals surface area contributed by atoms with E-state index in [-0.39, 0.29) is 24.4 Å². The molecule has 0 aliphatic carbocycles. The van der Waals surface area contributed by atoms with E-state index < -0.39 is 17.9 Å². The summed E-state index contributed by atoms with van der Waals surface area (Å²) in [7, 11) is 2.52.